The van der Waals surface area contributed by atoms with Crippen LogP contribution in [-0.4, -0.2) is 27.0 Å². The van der Waals surface area contributed by atoms with Gasteiger partial charge in [-0.1, -0.05) is 38.9 Å². The number of halogens is 1. The van der Waals surface area contributed by atoms with Gasteiger partial charge in [0.15, 0.2) is 5.69 Å². The Balaban J connectivity index is 1.56. The molecule has 1 amide bonds. The fourth-order valence-electron chi connectivity index (χ4n) is 1.73. The second-order valence-electron chi connectivity index (χ2n) is 4.54. The predicted molar refractivity (Wildman–Crippen MR) is 88.0 cm³/mol. The number of hydrogen-bond donors (Lipinski definition) is 1. The van der Waals surface area contributed by atoms with Crippen LogP contribution in [0.25, 0.3) is 11.6 Å². The Morgan fingerprint density at radius 3 is 2.96 bits per heavy atom. The Morgan fingerprint density at radius 1 is 1.35 bits per heavy atom. The average Bonchev–Trinajstić information content (AvgIpc) is 3.14. The molecular weight excluding hydrogens is 384 g/mol. The van der Waals surface area contributed by atoms with E-state index in [9.17, 15) is 4.79 Å². The van der Waals surface area contributed by atoms with Crippen LogP contribution < -0.4 is 5.32 Å². The summed E-state index contributed by atoms with van der Waals surface area (Å²) in [6.07, 6.45) is 0. The number of nitrogens with one attached hydrogen (secondary N) is 1. The van der Waals surface area contributed by atoms with Gasteiger partial charge in [0.05, 0.1) is 5.75 Å². The SMILES string of the molecule is Cc1cc(-c2nnc(SCC(=O)Nc3cccc(Br)c3)o2)no1. The van der Waals surface area contributed by atoms with Crippen LogP contribution in [0, 0.1) is 6.92 Å². The second kappa shape index (κ2) is 6.97. The van der Waals surface area contributed by atoms with Crippen LogP contribution in [0.5, 0.6) is 0 Å². The van der Waals surface area contributed by atoms with Gasteiger partial charge in [0.25, 0.3) is 11.1 Å². The number of carbonyl (C=O) groups excluding carboxylic acids is 1. The molecular formula is C14H11BrN4O3S. The Kier molecular flexibility index (Phi) is 4.77. The molecule has 0 aliphatic heterocycles. The number of carbonyl (C=O) groups is 1. The van der Waals surface area contributed by atoms with Crippen molar-refractivity contribution in [3.8, 4) is 11.6 Å². The normalized spacial score (nSPS) is 10.7. The maximum absolute atomic E-state index is 11.9. The summed E-state index contributed by atoms with van der Waals surface area (Å²) in [6, 6.07) is 9.06. The van der Waals surface area contributed by atoms with Gasteiger partial charge in [0.2, 0.25) is 5.91 Å². The van der Waals surface area contributed by atoms with Gasteiger partial charge in [-0.05, 0) is 25.1 Å². The third kappa shape index (κ3) is 4.20. The fraction of sp³-hybridized carbons (Fsp3) is 0.143. The Morgan fingerprint density at radius 2 is 2.22 bits per heavy atom. The predicted octanol–water partition coefficient (Wildman–Crippen LogP) is 3.53. The summed E-state index contributed by atoms with van der Waals surface area (Å²) in [5.74, 6) is 0.911. The second-order valence-corrected chi connectivity index (χ2v) is 6.39. The molecule has 23 heavy (non-hydrogen) atoms. The standard InChI is InChI=1S/C14H11BrN4O3S/c1-8-5-11(19-22-8)13-17-18-14(21-13)23-7-12(20)16-10-4-2-3-9(15)6-10/h2-6H,7H2,1H3,(H,16,20). The van der Waals surface area contributed by atoms with E-state index in [2.05, 4.69) is 36.6 Å². The Hall–Kier alpha value is -2.13. The van der Waals surface area contributed by atoms with E-state index >= 15 is 0 Å². The molecule has 2 aromatic heterocycles. The molecule has 3 aromatic rings. The van der Waals surface area contributed by atoms with Crippen LogP contribution >= 0.6 is 27.7 Å². The smallest absolute Gasteiger partial charge is 0.277 e. The highest BCUT2D eigenvalue weighted by Crippen LogP contribution is 2.23. The summed E-state index contributed by atoms with van der Waals surface area (Å²) >= 11 is 4.50. The largest absolute Gasteiger partial charge is 0.409 e. The molecule has 1 N–H and O–H groups in total. The number of nitrogens with zero attached hydrogens (tertiary/aromatic N) is 3. The number of aromatic nitrogens is 3. The quantitative estimate of drug-likeness (QED) is 0.661. The number of benzene rings is 1. The van der Waals surface area contributed by atoms with Crippen LogP contribution in [0.1, 0.15) is 5.76 Å². The van der Waals surface area contributed by atoms with Crippen molar-refractivity contribution in [1.82, 2.24) is 15.4 Å². The third-order valence-corrected chi connectivity index (χ3v) is 4.00. The minimum absolute atomic E-state index is 0.159. The highest BCUT2D eigenvalue weighted by atomic mass is 79.9. The molecule has 0 atom stereocenters. The first-order valence-electron chi connectivity index (χ1n) is 6.55. The average molecular weight is 395 g/mol. The minimum atomic E-state index is -0.162. The topological polar surface area (TPSA) is 94.1 Å². The van der Waals surface area contributed by atoms with E-state index in [0.717, 1.165) is 16.2 Å². The van der Waals surface area contributed by atoms with Crippen molar-refractivity contribution >= 4 is 39.3 Å². The van der Waals surface area contributed by atoms with E-state index in [1.807, 2.05) is 24.3 Å². The molecule has 0 aliphatic rings. The van der Waals surface area contributed by atoms with Gasteiger partial charge in [-0.15, -0.1) is 10.2 Å². The first-order chi connectivity index (χ1) is 11.1. The molecule has 0 saturated carbocycles. The lowest BCUT2D eigenvalue weighted by molar-refractivity contribution is -0.113. The molecule has 0 radical (unpaired) electrons. The fourth-order valence-corrected chi connectivity index (χ4v) is 2.69. The van der Waals surface area contributed by atoms with Crippen molar-refractivity contribution in [2.24, 2.45) is 0 Å². The Bertz CT molecular complexity index is 833. The molecule has 118 valence electrons. The molecule has 0 fully saturated rings. The van der Waals surface area contributed by atoms with Gasteiger partial charge < -0.3 is 14.3 Å². The zero-order valence-corrected chi connectivity index (χ0v) is 14.3. The first kappa shape index (κ1) is 15.8. The lowest BCUT2D eigenvalue weighted by Gasteiger charge is -2.03. The van der Waals surface area contributed by atoms with Gasteiger partial charge >= 0.3 is 0 Å². The van der Waals surface area contributed by atoms with Crippen LogP contribution in [0.4, 0.5) is 5.69 Å². The van der Waals surface area contributed by atoms with Crippen molar-refractivity contribution in [3.63, 3.8) is 0 Å². The molecule has 0 saturated heterocycles. The highest BCUT2D eigenvalue weighted by molar-refractivity contribution is 9.10. The van der Waals surface area contributed by atoms with Gasteiger partial charge in [-0.25, -0.2) is 0 Å². The number of hydrogen-bond acceptors (Lipinski definition) is 7. The van der Waals surface area contributed by atoms with Crippen molar-refractivity contribution in [1.29, 1.82) is 0 Å². The molecule has 9 heteroatoms. The van der Waals surface area contributed by atoms with E-state index in [0.29, 0.717) is 22.4 Å². The molecule has 0 spiro atoms. The number of thioether (sulfide) groups is 1. The van der Waals surface area contributed by atoms with Gasteiger partial charge in [0, 0.05) is 16.2 Å². The van der Waals surface area contributed by atoms with E-state index in [4.69, 9.17) is 8.94 Å². The third-order valence-electron chi connectivity index (χ3n) is 2.69. The summed E-state index contributed by atoms with van der Waals surface area (Å²) in [4.78, 5) is 11.9. The number of aryl methyl sites for hydroxylation is 1. The van der Waals surface area contributed by atoms with E-state index in [1.165, 1.54) is 0 Å². The molecule has 2 heterocycles. The maximum atomic E-state index is 11.9. The molecule has 0 aliphatic carbocycles. The summed E-state index contributed by atoms with van der Waals surface area (Å²) in [6.45, 7) is 1.77. The number of rotatable bonds is 5. The lowest BCUT2D eigenvalue weighted by atomic mass is 10.3. The van der Waals surface area contributed by atoms with Crippen LogP contribution in [0.15, 0.2) is 49.0 Å². The summed E-state index contributed by atoms with van der Waals surface area (Å²) in [5.41, 5.74) is 1.19. The van der Waals surface area contributed by atoms with Gasteiger partial charge in [-0.2, -0.15) is 0 Å². The Labute approximate surface area is 144 Å². The van der Waals surface area contributed by atoms with Crippen molar-refractivity contribution in [2.45, 2.75) is 12.1 Å². The number of amides is 1. The molecule has 7 nitrogen and oxygen atoms in total. The zero-order chi connectivity index (χ0) is 16.2. The number of anilines is 1. The minimum Gasteiger partial charge on any atom is -0.409 e. The molecule has 3 rings (SSSR count). The van der Waals surface area contributed by atoms with Crippen LogP contribution in [0.2, 0.25) is 0 Å². The molecule has 0 unspecified atom stereocenters. The molecule has 1 aromatic carbocycles. The van der Waals surface area contributed by atoms with E-state index < -0.39 is 0 Å². The monoisotopic (exact) mass is 394 g/mol. The van der Waals surface area contributed by atoms with Crippen LogP contribution in [-0.2, 0) is 4.79 Å². The summed E-state index contributed by atoms with van der Waals surface area (Å²) < 4.78 is 11.3. The zero-order valence-electron chi connectivity index (χ0n) is 11.9. The first-order valence-corrected chi connectivity index (χ1v) is 8.33. The molecule has 0 bridgehead atoms. The summed E-state index contributed by atoms with van der Waals surface area (Å²) in [5, 5.41) is 14.6. The summed E-state index contributed by atoms with van der Waals surface area (Å²) in [7, 11) is 0. The lowest BCUT2D eigenvalue weighted by Crippen LogP contribution is -2.13. The van der Waals surface area contributed by atoms with Crippen molar-refractivity contribution in [2.75, 3.05) is 11.1 Å². The highest BCUT2D eigenvalue weighted by Gasteiger charge is 2.14. The van der Waals surface area contributed by atoms with E-state index in [1.54, 1.807) is 13.0 Å². The van der Waals surface area contributed by atoms with E-state index in [-0.39, 0.29) is 17.6 Å². The van der Waals surface area contributed by atoms with Crippen LogP contribution in [0.3, 0.4) is 0 Å². The van der Waals surface area contributed by atoms with Crippen molar-refractivity contribution in [3.05, 3.63) is 40.6 Å². The maximum Gasteiger partial charge on any atom is 0.277 e. The van der Waals surface area contributed by atoms with Gasteiger partial charge in [-0.3, -0.25) is 4.79 Å². The van der Waals surface area contributed by atoms with Crippen molar-refractivity contribution < 1.29 is 13.7 Å². The van der Waals surface area contributed by atoms with Gasteiger partial charge in [0.1, 0.15) is 5.76 Å².